The Bertz CT molecular complexity index is 674. The van der Waals surface area contributed by atoms with Gasteiger partial charge in [0.15, 0.2) is 0 Å². The Kier molecular flexibility index (Phi) is 6.16. The van der Waals surface area contributed by atoms with E-state index in [1.807, 2.05) is 7.05 Å². The Morgan fingerprint density at radius 1 is 1.13 bits per heavy atom. The van der Waals surface area contributed by atoms with E-state index in [-0.39, 0.29) is 12.6 Å². The van der Waals surface area contributed by atoms with E-state index in [4.69, 9.17) is 10.4 Å². The monoisotopic (exact) mass is 309 g/mol. The number of nitrogens with zero attached hydrogens (tertiary/aromatic N) is 1. The molecule has 0 spiro atoms. The van der Waals surface area contributed by atoms with Crippen molar-refractivity contribution in [2.75, 3.05) is 25.5 Å². The summed E-state index contributed by atoms with van der Waals surface area (Å²) in [6.45, 7) is 2.56. The molecule has 2 aromatic rings. The first-order chi connectivity index (χ1) is 11.2. The van der Waals surface area contributed by atoms with Gasteiger partial charge < -0.3 is 10.4 Å². The molecule has 3 N–H and O–H groups in total. The molecule has 0 radical (unpaired) electrons. The molecule has 120 valence electrons. The van der Waals surface area contributed by atoms with Gasteiger partial charge in [0.25, 0.3) is 0 Å². The van der Waals surface area contributed by atoms with E-state index in [1.54, 1.807) is 0 Å². The average Bonchev–Trinajstić information content (AvgIpc) is 2.59. The van der Waals surface area contributed by atoms with Gasteiger partial charge in [-0.2, -0.15) is 5.26 Å². The fraction of sp³-hybridized carbons (Fsp3) is 0.316. The number of benzene rings is 2. The number of rotatable bonds is 7. The molecule has 0 saturated carbocycles. The van der Waals surface area contributed by atoms with Gasteiger partial charge >= 0.3 is 0 Å². The molecule has 0 amide bonds. The molecular weight excluding hydrogens is 286 g/mol. The molecule has 0 aliphatic carbocycles. The van der Waals surface area contributed by atoms with Gasteiger partial charge in [-0.05, 0) is 35.2 Å². The summed E-state index contributed by atoms with van der Waals surface area (Å²) in [7, 11) is 1.93. The molecule has 0 saturated heterocycles. The first kappa shape index (κ1) is 17.0. The van der Waals surface area contributed by atoms with Crippen molar-refractivity contribution >= 4 is 5.69 Å². The van der Waals surface area contributed by atoms with Gasteiger partial charge in [0.05, 0.1) is 18.7 Å². The van der Waals surface area contributed by atoms with Gasteiger partial charge in [-0.15, -0.1) is 0 Å². The molecule has 0 heterocycles. The lowest BCUT2D eigenvalue weighted by Gasteiger charge is -2.12. The average molecular weight is 309 g/mol. The van der Waals surface area contributed by atoms with Gasteiger partial charge in [-0.3, -0.25) is 5.32 Å². The molecule has 0 aromatic heterocycles. The number of nitrogens with one attached hydrogen (secondary N) is 2. The second kappa shape index (κ2) is 8.33. The Hall–Kier alpha value is -2.35. The maximum atomic E-state index is 9.13. The quantitative estimate of drug-likeness (QED) is 0.735. The standard InChI is InChI=1S/C19H23N3O/c1-14-3-6-17(12-19(14)21-2)16-7-4-15(5-8-16)11-18(13-20)22-9-10-23/h3-8,12,18,21-23H,9-11H2,1-2H3. The van der Waals surface area contributed by atoms with Crippen LogP contribution in [0.3, 0.4) is 0 Å². The van der Waals surface area contributed by atoms with Crippen molar-refractivity contribution in [3.8, 4) is 17.2 Å². The lowest BCUT2D eigenvalue weighted by molar-refractivity contribution is 0.288. The minimum absolute atomic E-state index is 0.0400. The van der Waals surface area contributed by atoms with E-state index in [1.165, 1.54) is 11.1 Å². The first-order valence-electron chi connectivity index (χ1n) is 7.79. The van der Waals surface area contributed by atoms with Crippen LogP contribution in [0.5, 0.6) is 0 Å². The largest absolute Gasteiger partial charge is 0.395 e. The predicted molar refractivity (Wildman–Crippen MR) is 94.4 cm³/mol. The molecule has 1 unspecified atom stereocenters. The van der Waals surface area contributed by atoms with Crippen LogP contribution in [0.4, 0.5) is 5.69 Å². The second-order valence-corrected chi connectivity index (χ2v) is 5.54. The highest BCUT2D eigenvalue weighted by molar-refractivity contribution is 5.70. The van der Waals surface area contributed by atoms with Crippen molar-refractivity contribution in [3.63, 3.8) is 0 Å². The number of aryl methyl sites for hydroxylation is 1. The Labute approximate surface area is 137 Å². The zero-order chi connectivity index (χ0) is 16.7. The highest BCUT2D eigenvalue weighted by Gasteiger charge is 2.08. The summed E-state index contributed by atoms with van der Waals surface area (Å²) in [5.41, 5.74) is 5.78. The van der Waals surface area contributed by atoms with Crippen LogP contribution >= 0.6 is 0 Å². The summed E-state index contributed by atoms with van der Waals surface area (Å²) < 4.78 is 0. The smallest absolute Gasteiger partial charge is 0.0994 e. The van der Waals surface area contributed by atoms with Crippen LogP contribution in [-0.4, -0.2) is 31.3 Å². The highest BCUT2D eigenvalue weighted by atomic mass is 16.3. The van der Waals surface area contributed by atoms with E-state index in [9.17, 15) is 0 Å². The van der Waals surface area contributed by atoms with Crippen molar-refractivity contribution in [2.24, 2.45) is 0 Å². The molecule has 2 rings (SSSR count). The Balaban J connectivity index is 2.11. The van der Waals surface area contributed by atoms with E-state index >= 15 is 0 Å². The lowest BCUT2D eigenvalue weighted by Crippen LogP contribution is -2.31. The van der Waals surface area contributed by atoms with Crippen molar-refractivity contribution in [2.45, 2.75) is 19.4 Å². The summed E-state index contributed by atoms with van der Waals surface area (Å²) >= 11 is 0. The summed E-state index contributed by atoms with van der Waals surface area (Å²) in [5.74, 6) is 0. The van der Waals surface area contributed by atoms with E-state index in [2.05, 4.69) is 66.1 Å². The topological polar surface area (TPSA) is 68.1 Å². The lowest BCUT2D eigenvalue weighted by atomic mass is 9.99. The van der Waals surface area contributed by atoms with Crippen LogP contribution in [-0.2, 0) is 6.42 Å². The highest BCUT2D eigenvalue weighted by Crippen LogP contribution is 2.25. The molecule has 23 heavy (non-hydrogen) atoms. The van der Waals surface area contributed by atoms with Crippen molar-refractivity contribution in [1.29, 1.82) is 5.26 Å². The molecule has 4 nitrogen and oxygen atoms in total. The summed E-state index contributed by atoms with van der Waals surface area (Å²) in [6.07, 6.45) is 0.631. The van der Waals surface area contributed by atoms with E-state index in [0.717, 1.165) is 16.8 Å². The van der Waals surface area contributed by atoms with Gasteiger partial charge in [0.1, 0.15) is 0 Å². The third-order valence-electron chi connectivity index (χ3n) is 3.89. The number of nitriles is 1. The maximum Gasteiger partial charge on any atom is 0.0994 e. The van der Waals surface area contributed by atoms with Gasteiger partial charge in [-0.25, -0.2) is 0 Å². The summed E-state index contributed by atoms with van der Waals surface area (Å²) in [4.78, 5) is 0. The molecule has 2 aromatic carbocycles. The zero-order valence-electron chi connectivity index (χ0n) is 13.6. The van der Waals surface area contributed by atoms with E-state index < -0.39 is 0 Å². The third-order valence-corrected chi connectivity index (χ3v) is 3.89. The van der Waals surface area contributed by atoms with Gasteiger partial charge in [0.2, 0.25) is 0 Å². The van der Waals surface area contributed by atoms with Crippen LogP contribution in [0.1, 0.15) is 11.1 Å². The maximum absolute atomic E-state index is 9.13. The predicted octanol–water partition coefficient (Wildman–Crippen LogP) is 2.72. The third kappa shape index (κ3) is 4.56. The normalized spacial score (nSPS) is 11.7. The Morgan fingerprint density at radius 2 is 1.83 bits per heavy atom. The van der Waals surface area contributed by atoms with Crippen LogP contribution in [0.2, 0.25) is 0 Å². The number of aliphatic hydroxyl groups is 1. The zero-order valence-corrected chi connectivity index (χ0v) is 13.6. The fourth-order valence-electron chi connectivity index (χ4n) is 2.54. The molecule has 0 aliphatic heterocycles. The van der Waals surface area contributed by atoms with Gasteiger partial charge in [-0.1, -0.05) is 36.4 Å². The van der Waals surface area contributed by atoms with Crippen LogP contribution in [0, 0.1) is 18.3 Å². The second-order valence-electron chi connectivity index (χ2n) is 5.54. The molecule has 0 bridgehead atoms. The molecular formula is C19H23N3O. The molecule has 0 fully saturated rings. The number of hydrogen-bond donors (Lipinski definition) is 3. The first-order valence-corrected chi connectivity index (χ1v) is 7.79. The molecule has 4 heteroatoms. The van der Waals surface area contributed by atoms with Gasteiger partial charge in [0, 0.05) is 25.7 Å². The summed E-state index contributed by atoms with van der Waals surface area (Å²) in [6, 6.07) is 16.6. The minimum Gasteiger partial charge on any atom is -0.395 e. The van der Waals surface area contributed by atoms with Crippen LogP contribution in [0.15, 0.2) is 42.5 Å². The number of hydrogen-bond acceptors (Lipinski definition) is 4. The number of anilines is 1. The number of aliphatic hydroxyl groups excluding tert-OH is 1. The fourth-order valence-corrected chi connectivity index (χ4v) is 2.54. The molecule has 1 atom stereocenters. The van der Waals surface area contributed by atoms with Crippen molar-refractivity contribution in [3.05, 3.63) is 53.6 Å². The molecule has 0 aliphatic rings. The van der Waals surface area contributed by atoms with Crippen LogP contribution in [0.25, 0.3) is 11.1 Å². The SMILES string of the molecule is CNc1cc(-c2ccc(CC(C#N)NCCO)cc2)ccc1C. The van der Waals surface area contributed by atoms with Crippen LogP contribution < -0.4 is 10.6 Å². The Morgan fingerprint density at radius 3 is 2.43 bits per heavy atom. The summed E-state index contributed by atoms with van der Waals surface area (Å²) in [5, 5.41) is 24.2. The minimum atomic E-state index is -0.275. The van der Waals surface area contributed by atoms with E-state index in [0.29, 0.717) is 13.0 Å². The van der Waals surface area contributed by atoms with Crippen molar-refractivity contribution in [1.82, 2.24) is 5.32 Å². The van der Waals surface area contributed by atoms with Crippen molar-refractivity contribution < 1.29 is 5.11 Å².